The van der Waals surface area contributed by atoms with Crippen LogP contribution in [-0.4, -0.2) is 14.7 Å². The predicted molar refractivity (Wildman–Crippen MR) is 78.6 cm³/mol. The summed E-state index contributed by atoms with van der Waals surface area (Å²) in [6, 6.07) is 13.2. The standard InChI is InChI=1S/C15H16FNO2S/c1-12-5-3-6-13(9-12)11-17(20(2,18)19)15-8-4-7-14(16)10-15/h3-10H,11H2,1-2H3. The molecule has 0 heterocycles. The van der Waals surface area contributed by atoms with E-state index in [9.17, 15) is 12.8 Å². The van der Waals surface area contributed by atoms with Gasteiger partial charge in [-0.2, -0.15) is 0 Å². The Labute approximate surface area is 118 Å². The van der Waals surface area contributed by atoms with Gasteiger partial charge in [0.15, 0.2) is 0 Å². The van der Waals surface area contributed by atoms with Crippen LogP contribution in [0.25, 0.3) is 0 Å². The fourth-order valence-corrected chi connectivity index (χ4v) is 2.89. The van der Waals surface area contributed by atoms with Crippen LogP contribution < -0.4 is 4.31 Å². The van der Waals surface area contributed by atoms with Gasteiger partial charge in [-0.05, 0) is 30.7 Å². The molecule has 0 unspecified atom stereocenters. The Morgan fingerprint density at radius 1 is 1.10 bits per heavy atom. The minimum atomic E-state index is -3.48. The van der Waals surface area contributed by atoms with E-state index in [-0.39, 0.29) is 6.54 Å². The Balaban J connectivity index is 2.40. The maximum Gasteiger partial charge on any atom is 0.232 e. The molecule has 2 aromatic rings. The van der Waals surface area contributed by atoms with Gasteiger partial charge in [-0.25, -0.2) is 12.8 Å². The van der Waals surface area contributed by atoms with Crippen molar-refractivity contribution in [3.63, 3.8) is 0 Å². The van der Waals surface area contributed by atoms with E-state index in [1.54, 1.807) is 6.07 Å². The zero-order valence-corrected chi connectivity index (χ0v) is 12.2. The molecule has 0 aliphatic heterocycles. The van der Waals surface area contributed by atoms with Crippen molar-refractivity contribution in [1.82, 2.24) is 0 Å². The van der Waals surface area contributed by atoms with Crippen molar-refractivity contribution < 1.29 is 12.8 Å². The first kappa shape index (κ1) is 14.5. The van der Waals surface area contributed by atoms with Gasteiger partial charge >= 0.3 is 0 Å². The number of hydrogen-bond acceptors (Lipinski definition) is 2. The molecule has 0 fully saturated rings. The molecule has 0 N–H and O–H groups in total. The van der Waals surface area contributed by atoms with Crippen LogP contribution in [0.4, 0.5) is 10.1 Å². The lowest BCUT2D eigenvalue weighted by molar-refractivity contribution is 0.595. The molecule has 20 heavy (non-hydrogen) atoms. The third-order valence-corrected chi connectivity index (χ3v) is 4.05. The second-order valence-corrected chi connectivity index (χ2v) is 6.65. The maximum atomic E-state index is 13.3. The van der Waals surface area contributed by atoms with Crippen LogP contribution in [-0.2, 0) is 16.6 Å². The van der Waals surface area contributed by atoms with Gasteiger partial charge in [0.2, 0.25) is 10.0 Å². The highest BCUT2D eigenvalue weighted by Gasteiger charge is 2.18. The quantitative estimate of drug-likeness (QED) is 0.868. The molecule has 0 aromatic heterocycles. The molecule has 3 nitrogen and oxygen atoms in total. The number of aryl methyl sites for hydroxylation is 1. The maximum absolute atomic E-state index is 13.3. The van der Waals surface area contributed by atoms with Crippen molar-refractivity contribution in [1.29, 1.82) is 0 Å². The Bertz CT molecular complexity index is 713. The summed E-state index contributed by atoms with van der Waals surface area (Å²) in [6.07, 6.45) is 1.12. The van der Waals surface area contributed by atoms with Crippen molar-refractivity contribution in [3.05, 3.63) is 65.5 Å². The largest absolute Gasteiger partial charge is 0.266 e. The molecule has 2 rings (SSSR count). The van der Waals surface area contributed by atoms with E-state index in [0.717, 1.165) is 17.4 Å². The topological polar surface area (TPSA) is 37.4 Å². The van der Waals surface area contributed by atoms with Crippen LogP contribution >= 0.6 is 0 Å². The molecule has 106 valence electrons. The van der Waals surface area contributed by atoms with Gasteiger partial charge in [0.1, 0.15) is 5.82 Å². The minimum Gasteiger partial charge on any atom is -0.266 e. The van der Waals surface area contributed by atoms with Crippen LogP contribution in [0.1, 0.15) is 11.1 Å². The highest BCUT2D eigenvalue weighted by molar-refractivity contribution is 7.92. The van der Waals surface area contributed by atoms with Gasteiger partial charge in [-0.15, -0.1) is 0 Å². The summed E-state index contributed by atoms with van der Waals surface area (Å²) in [4.78, 5) is 0. The van der Waals surface area contributed by atoms with Crippen LogP contribution in [0.2, 0.25) is 0 Å². The van der Waals surface area contributed by atoms with E-state index in [2.05, 4.69) is 0 Å². The molecule has 0 bridgehead atoms. The predicted octanol–water partition coefficient (Wildman–Crippen LogP) is 3.10. The summed E-state index contributed by atoms with van der Waals surface area (Å²) >= 11 is 0. The number of anilines is 1. The summed E-state index contributed by atoms with van der Waals surface area (Å²) in [5.41, 5.74) is 2.24. The molecule has 0 aliphatic rings. The van der Waals surface area contributed by atoms with Crippen molar-refractivity contribution in [2.75, 3.05) is 10.6 Å². The second kappa shape index (κ2) is 5.63. The molecule has 0 radical (unpaired) electrons. The van der Waals surface area contributed by atoms with Crippen molar-refractivity contribution in [2.24, 2.45) is 0 Å². The zero-order chi connectivity index (χ0) is 14.8. The number of nitrogens with zero attached hydrogens (tertiary/aromatic N) is 1. The first-order valence-corrected chi connectivity index (χ1v) is 8.00. The third-order valence-electron chi connectivity index (χ3n) is 2.91. The summed E-state index contributed by atoms with van der Waals surface area (Å²) in [7, 11) is -3.48. The van der Waals surface area contributed by atoms with E-state index in [1.807, 2.05) is 31.2 Å². The summed E-state index contributed by atoms with van der Waals surface area (Å²) in [6.45, 7) is 2.13. The zero-order valence-electron chi connectivity index (χ0n) is 11.4. The number of hydrogen-bond donors (Lipinski definition) is 0. The molecule has 0 amide bonds. The average Bonchev–Trinajstić information content (AvgIpc) is 2.34. The SMILES string of the molecule is Cc1cccc(CN(c2cccc(F)c2)S(C)(=O)=O)c1. The Hall–Kier alpha value is -1.88. The summed E-state index contributed by atoms with van der Waals surface area (Å²) in [5, 5.41) is 0. The first-order chi connectivity index (χ1) is 9.36. The molecule has 0 spiro atoms. The lowest BCUT2D eigenvalue weighted by atomic mass is 10.1. The fraction of sp³-hybridized carbons (Fsp3) is 0.200. The molecule has 0 atom stereocenters. The summed E-state index contributed by atoms with van der Waals surface area (Å²) in [5.74, 6) is -0.458. The molecular formula is C15H16FNO2S. The monoisotopic (exact) mass is 293 g/mol. The Kier molecular flexibility index (Phi) is 4.09. The van der Waals surface area contributed by atoms with Gasteiger partial charge < -0.3 is 0 Å². The highest BCUT2D eigenvalue weighted by atomic mass is 32.2. The Morgan fingerprint density at radius 2 is 1.80 bits per heavy atom. The van der Waals surface area contributed by atoms with Crippen LogP contribution in [0.15, 0.2) is 48.5 Å². The Morgan fingerprint density at radius 3 is 2.40 bits per heavy atom. The van der Waals surface area contributed by atoms with Crippen LogP contribution in [0, 0.1) is 12.7 Å². The van der Waals surface area contributed by atoms with Crippen LogP contribution in [0.3, 0.4) is 0 Å². The van der Waals surface area contributed by atoms with E-state index in [4.69, 9.17) is 0 Å². The average molecular weight is 293 g/mol. The van der Waals surface area contributed by atoms with E-state index in [1.165, 1.54) is 22.5 Å². The van der Waals surface area contributed by atoms with Gasteiger partial charge in [-0.3, -0.25) is 4.31 Å². The molecule has 2 aromatic carbocycles. The molecule has 0 saturated heterocycles. The van der Waals surface area contributed by atoms with E-state index < -0.39 is 15.8 Å². The lowest BCUT2D eigenvalue weighted by Crippen LogP contribution is -2.29. The number of benzene rings is 2. The molecule has 0 saturated carbocycles. The fourth-order valence-electron chi connectivity index (χ4n) is 2.01. The number of halogens is 1. The number of rotatable bonds is 4. The van der Waals surface area contributed by atoms with Gasteiger partial charge in [0.25, 0.3) is 0 Å². The second-order valence-electron chi connectivity index (χ2n) is 4.74. The molecule has 0 aliphatic carbocycles. The molecular weight excluding hydrogens is 277 g/mol. The van der Waals surface area contributed by atoms with E-state index >= 15 is 0 Å². The van der Waals surface area contributed by atoms with Crippen LogP contribution in [0.5, 0.6) is 0 Å². The smallest absolute Gasteiger partial charge is 0.232 e. The van der Waals surface area contributed by atoms with Crippen molar-refractivity contribution in [2.45, 2.75) is 13.5 Å². The third kappa shape index (κ3) is 3.57. The van der Waals surface area contributed by atoms with Gasteiger partial charge in [0, 0.05) is 0 Å². The van der Waals surface area contributed by atoms with E-state index in [0.29, 0.717) is 5.69 Å². The van der Waals surface area contributed by atoms with Gasteiger partial charge in [-0.1, -0.05) is 35.9 Å². The molecule has 5 heteroatoms. The number of sulfonamides is 1. The summed E-state index contributed by atoms with van der Waals surface area (Å²) < 4.78 is 38.4. The van der Waals surface area contributed by atoms with Crippen molar-refractivity contribution in [3.8, 4) is 0 Å². The minimum absolute atomic E-state index is 0.184. The highest BCUT2D eigenvalue weighted by Crippen LogP contribution is 2.21. The van der Waals surface area contributed by atoms with Crippen molar-refractivity contribution >= 4 is 15.7 Å². The van der Waals surface area contributed by atoms with Gasteiger partial charge in [0.05, 0.1) is 18.5 Å². The normalized spacial score (nSPS) is 11.3. The lowest BCUT2D eigenvalue weighted by Gasteiger charge is -2.22. The first-order valence-electron chi connectivity index (χ1n) is 6.15.